The standard InChI is InChI=1S/C11H16ClN3O3/c1-7(6-18-3)13-10(16)5-15-8(2)14-9(12)4-11(15)17/h4,7H,5-6H2,1-3H3,(H,13,16). The molecular formula is C11H16ClN3O3. The number of hydrogen-bond acceptors (Lipinski definition) is 4. The predicted molar refractivity (Wildman–Crippen MR) is 67.7 cm³/mol. The summed E-state index contributed by atoms with van der Waals surface area (Å²) in [4.78, 5) is 27.3. The first kappa shape index (κ1) is 14.7. The number of rotatable bonds is 5. The van der Waals surface area contributed by atoms with E-state index >= 15 is 0 Å². The Kier molecular flexibility index (Phi) is 5.30. The number of aryl methyl sites for hydroxylation is 1. The van der Waals surface area contributed by atoms with Crippen LogP contribution in [0.3, 0.4) is 0 Å². The highest BCUT2D eigenvalue weighted by atomic mass is 35.5. The molecule has 1 aromatic heterocycles. The lowest BCUT2D eigenvalue weighted by Gasteiger charge is -2.14. The minimum absolute atomic E-state index is 0.0805. The number of amides is 1. The zero-order chi connectivity index (χ0) is 13.7. The number of carbonyl (C=O) groups excluding carboxylic acids is 1. The SMILES string of the molecule is COCC(C)NC(=O)Cn1c(C)nc(Cl)cc1=O. The number of hydrogen-bond donors (Lipinski definition) is 1. The van der Waals surface area contributed by atoms with Crippen LogP contribution in [0, 0.1) is 6.92 Å². The second kappa shape index (κ2) is 6.51. The van der Waals surface area contributed by atoms with Gasteiger partial charge in [-0.1, -0.05) is 11.6 Å². The molecule has 1 aromatic rings. The molecule has 0 saturated heterocycles. The molecule has 0 saturated carbocycles. The summed E-state index contributed by atoms with van der Waals surface area (Å²) in [6, 6.07) is 1.07. The van der Waals surface area contributed by atoms with Crippen LogP contribution in [0.2, 0.25) is 5.15 Å². The third kappa shape index (κ3) is 4.12. The molecule has 100 valence electrons. The van der Waals surface area contributed by atoms with E-state index in [4.69, 9.17) is 16.3 Å². The molecular weight excluding hydrogens is 258 g/mol. The molecule has 0 radical (unpaired) electrons. The fourth-order valence-corrected chi connectivity index (χ4v) is 1.75. The van der Waals surface area contributed by atoms with E-state index in [0.717, 1.165) is 0 Å². The van der Waals surface area contributed by atoms with Crippen LogP contribution in [0.25, 0.3) is 0 Å². The predicted octanol–water partition coefficient (Wildman–Crippen LogP) is 0.356. The molecule has 1 atom stereocenters. The largest absolute Gasteiger partial charge is 0.383 e. The molecule has 1 N–H and O–H groups in total. The van der Waals surface area contributed by atoms with Crippen molar-refractivity contribution in [1.29, 1.82) is 0 Å². The van der Waals surface area contributed by atoms with Gasteiger partial charge >= 0.3 is 0 Å². The van der Waals surface area contributed by atoms with Gasteiger partial charge in [0.25, 0.3) is 5.56 Å². The molecule has 0 aliphatic rings. The fraction of sp³-hybridized carbons (Fsp3) is 0.545. The minimum Gasteiger partial charge on any atom is -0.383 e. The number of aromatic nitrogens is 2. The first-order chi connectivity index (χ1) is 8.43. The average molecular weight is 274 g/mol. The van der Waals surface area contributed by atoms with E-state index in [1.807, 2.05) is 6.92 Å². The number of nitrogens with zero attached hydrogens (tertiary/aromatic N) is 2. The van der Waals surface area contributed by atoms with Gasteiger partial charge < -0.3 is 10.1 Å². The van der Waals surface area contributed by atoms with E-state index in [2.05, 4.69) is 10.3 Å². The summed E-state index contributed by atoms with van der Waals surface area (Å²) in [7, 11) is 1.56. The molecule has 1 heterocycles. The lowest BCUT2D eigenvalue weighted by molar-refractivity contribution is -0.122. The van der Waals surface area contributed by atoms with E-state index < -0.39 is 0 Å². The van der Waals surface area contributed by atoms with Gasteiger partial charge in [-0.2, -0.15) is 0 Å². The van der Waals surface area contributed by atoms with Crippen LogP contribution in [0.4, 0.5) is 0 Å². The van der Waals surface area contributed by atoms with Crippen molar-refractivity contribution in [3.63, 3.8) is 0 Å². The lowest BCUT2D eigenvalue weighted by Crippen LogP contribution is -2.40. The summed E-state index contributed by atoms with van der Waals surface area (Å²) in [5, 5.41) is 2.84. The molecule has 6 nitrogen and oxygen atoms in total. The molecule has 18 heavy (non-hydrogen) atoms. The van der Waals surface area contributed by atoms with Crippen molar-refractivity contribution >= 4 is 17.5 Å². The van der Waals surface area contributed by atoms with Gasteiger partial charge in [0.15, 0.2) is 0 Å². The molecule has 0 aliphatic heterocycles. The van der Waals surface area contributed by atoms with Gasteiger partial charge in [0, 0.05) is 19.2 Å². The zero-order valence-electron chi connectivity index (χ0n) is 10.6. The van der Waals surface area contributed by atoms with Crippen LogP contribution in [-0.4, -0.2) is 35.2 Å². The van der Waals surface area contributed by atoms with Gasteiger partial charge in [0.2, 0.25) is 5.91 Å². The summed E-state index contributed by atoms with van der Waals surface area (Å²) >= 11 is 5.64. The molecule has 1 unspecified atom stereocenters. The van der Waals surface area contributed by atoms with Crippen molar-refractivity contribution < 1.29 is 9.53 Å². The normalized spacial score (nSPS) is 12.2. The second-order valence-electron chi connectivity index (χ2n) is 3.97. The van der Waals surface area contributed by atoms with Crippen molar-refractivity contribution in [3.8, 4) is 0 Å². The van der Waals surface area contributed by atoms with Gasteiger partial charge in [-0.05, 0) is 13.8 Å². The Balaban J connectivity index is 2.74. The van der Waals surface area contributed by atoms with E-state index in [-0.39, 0.29) is 29.2 Å². The molecule has 0 aliphatic carbocycles. The maximum atomic E-state index is 11.7. The Morgan fingerprint density at radius 3 is 2.89 bits per heavy atom. The van der Waals surface area contributed by atoms with Gasteiger partial charge in [-0.3, -0.25) is 14.2 Å². The van der Waals surface area contributed by atoms with Crippen LogP contribution in [0.5, 0.6) is 0 Å². The summed E-state index contributed by atoms with van der Waals surface area (Å²) in [5.74, 6) is 0.135. The number of nitrogens with one attached hydrogen (secondary N) is 1. The summed E-state index contributed by atoms with van der Waals surface area (Å²) in [6.45, 7) is 3.78. The molecule has 0 fully saturated rings. The van der Waals surface area contributed by atoms with E-state index in [9.17, 15) is 9.59 Å². The Morgan fingerprint density at radius 2 is 2.33 bits per heavy atom. The van der Waals surface area contributed by atoms with E-state index in [1.54, 1.807) is 14.0 Å². The van der Waals surface area contributed by atoms with Crippen molar-refractivity contribution in [1.82, 2.24) is 14.9 Å². The lowest BCUT2D eigenvalue weighted by atomic mass is 10.3. The maximum Gasteiger partial charge on any atom is 0.255 e. The highest BCUT2D eigenvalue weighted by molar-refractivity contribution is 6.29. The van der Waals surface area contributed by atoms with E-state index in [0.29, 0.717) is 12.4 Å². The van der Waals surface area contributed by atoms with Gasteiger partial charge in [-0.25, -0.2) is 4.98 Å². The first-order valence-electron chi connectivity index (χ1n) is 5.46. The quantitative estimate of drug-likeness (QED) is 0.786. The molecule has 0 spiro atoms. The van der Waals surface area contributed by atoms with Gasteiger partial charge in [0.05, 0.1) is 6.61 Å². The topological polar surface area (TPSA) is 73.2 Å². The minimum atomic E-state index is -0.345. The highest BCUT2D eigenvalue weighted by Crippen LogP contribution is 2.01. The van der Waals surface area contributed by atoms with Crippen molar-refractivity contribution in [3.05, 3.63) is 27.4 Å². The van der Waals surface area contributed by atoms with Gasteiger partial charge in [0.1, 0.15) is 17.5 Å². The summed E-state index contributed by atoms with van der Waals surface area (Å²) in [6.07, 6.45) is 0. The third-order valence-electron chi connectivity index (χ3n) is 2.29. The Labute approximate surface area is 110 Å². The van der Waals surface area contributed by atoms with Crippen molar-refractivity contribution in [2.45, 2.75) is 26.4 Å². The van der Waals surface area contributed by atoms with Crippen LogP contribution in [0.15, 0.2) is 10.9 Å². The Hall–Kier alpha value is -1.40. The molecule has 0 aromatic carbocycles. The fourth-order valence-electron chi connectivity index (χ4n) is 1.53. The Bertz CT molecular complexity index is 487. The molecule has 0 bridgehead atoms. The van der Waals surface area contributed by atoms with Crippen molar-refractivity contribution in [2.75, 3.05) is 13.7 Å². The zero-order valence-corrected chi connectivity index (χ0v) is 11.3. The second-order valence-corrected chi connectivity index (χ2v) is 4.36. The number of methoxy groups -OCH3 is 1. The molecule has 7 heteroatoms. The summed E-state index contributed by atoms with van der Waals surface area (Å²) in [5.41, 5.74) is -0.345. The van der Waals surface area contributed by atoms with Gasteiger partial charge in [-0.15, -0.1) is 0 Å². The van der Waals surface area contributed by atoms with Crippen LogP contribution >= 0.6 is 11.6 Å². The number of carbonyl (C=O) groups is 1. The summed E-state index contributed by atoms with van der Waals surface area (Å²) < 4.78 is 6.17. The van der Waals surface area contributed by atoms with Crippen molar-refractivity contribution in [2.24, 2.45) is 0 Å². The maximum absolute atomic E-state index is 11.7. The molecule has 1 amide bonds. The highest BCUT2D eigenvalue weighted by Gasteiger charge is 2.11. The molecule has 1 rings (SSSR count). The first-order valence-corrected chi connectivity index (χ1v) is 5.84. The number of halogens is 1. The Morgan fingerprint density at radius 1 is 1.67 bits per heavy atom. The smallest absolute Gasteiger partial charge is 0.255 e. The van der Waals surface area contributed by atoms with E-state index in [1.165, 1.54) is 10.6 Å². The van der Waals surface area contributed by atoms with Crippen LogP contribution in [0.1, 0.15) is 12.7 Å². The van der Waals surface area contributed by atoms with Crippen LogP contribution in [-0.2, 0) is 16.1 Å². The van der Waals surface area contributed by atoms with Crippen LogP contribution < -0.4 is 10.9 Å². The third-order valence-corrected chi connectivity index (χ3v) is 2.49. The number of ether oxygens (including phenoxy) is 1. The monoisotopic (exact) mass is 273 g/mol. The average Bonchev–Trinajstić information content (AvgIpc) is 2.23.